The van der Waals surface area contributed by atoms with Crippen molar-refractivity contribution >= 4 is 11.0 Å². The van der Waals surface area contributed by atoms with E-state index in [2.05, 4.69) is 0 Å². The smallest absolute Gasteiger partial charge is 0.239 e. The second-order valence-corrected chi connectivity index (χ2v) is 10.3. The Kier molecular flexibility index (Phi) is 8.41. The molecule has 2 aromatic carbocycles. The van der Waals surface area contributed by atoms with Crippen LogP contribution >= 0.6 is 0 Å². The van der Waals surface area contributed by atoms with E-state index in [1.54, 1.807) is 0 Å². The first-order valence-electron chi connectivity index (χ1n) is 13.0. The van der Waals surface area contributed by atoms with Crippen LogP contribution in [0.5, 0.6) is 28.7 Å². The predicted octanol–water partition coefficient (Wildman–Crippen LogP) is -1.69. The lowest BCUT2D eigenvalue weighted by Gasteiger charge is -2.42. The van der Waals surface area contributed by atoms with Crippen LogP contribution in [0, 0.1) is 0 Å². The molecule has 3 heterocycles. The minimum atomic E-state index is -1.97. The molecule has 0 radical (unpaired) electrons. The van der Waals surface area contributed by atoms with Gasteiger partial charge in [0.15, 0.2) is 23.5 Å². The van der Waals surface area contributed by atoms with Gasteiger partial charge in [-0.1, -0.05) is 0 Å². The van der Waals surface area contributed by atoms with E-state index in [-0.39, 0.29) is 11.1 Å². The number of phenolic OH excluding ortho intramolecular Hbond substituents is 4. The molecule has 0 amide bonds. The van der Waals surface area contributed by atoms with Gasteiger partial charge >= 0.3 is 0 Å². The second-order valence-electron chi connectivity index (χ2n) is 10.3. The highest BCUT2D eigenvalue weighted by Gasteiger charge is 2.47. The van der Waals surface area contributed by atoms with Crippen LogP contribution in [0.4, 0.5) is 0 Å². The number of aromatic hydroxyl groups is 4. The first kappa shape index (κ1) is 30.7. The van der Waals surface area contributed by atoms with Gasteiger partial charge in [0, 0.05) is 17.7 Å². The summed E-state index contributed by atoms with van der Waals surface area (Å²) in [5.74, 6) is -3.33. The summed E-state index contributed by atoms with van der Waals surface area (Å²) in [4.78, 5) is 13.6. The topological polar surface area (TPSA) is 269 Å². The lowest BCUT2D eigenvalue weighted by Crippen LogP contribution is -2.61. The fourth-order valence-electron chi connectivity index (χ4n) is 4.84. The van der Waals surface area contributed by atoms with Crippen LogP contribution in [-0.2, 0) is 14.2 Å². The molecule has 3 aromatic rings. The summed E-state index contributed by atoms with van der Waals surface area (Å²) in [5.41, 5.74) is -1.35. The summed E-state index contributed by atoms with van der Waals surface area (Å²) in [6.45, 7) is 0.818. The quantitative estimate of drug-likeness (QED) is 0.140. The summed E-state index contributed by atoms with van der Waals surface area (Å²) in [6, 6.07) is 5.24. The highest BCUT2D eigenvalue weighted by Crippen LogP contribution is 2.39. The van der Waals surface area contributed by atoms with E-state index < -0.39 is 113 Å². The average molecular weight is 611 g/mol. The Morgan fingerprint density at radius 2 is 1.42 bits per heavy atom. The molecular formula is C27H30O16. The maximum atomic E-state index is 13.6. The molecule has 1 aromatic heterocycles. The molecule has 0 spiro atoms. The fraction of sp³-hybridized carbons (Fsp3) is 0.444. The molecule has 234 valence electrons. The zero-order chi connectivity index (χ0) is 31.3. The number of rotatable bonds is 6. The van der Waals surface area contributed by atoms with Gasteiger partial charge in [0.25, 0.3) is 0 Å². The van der Waals surface area contributed by atoms with E-state index in [1.807, 2.05) is 0 Å². The number of fused-ring (bicyclic) bond motifs is 1. The van der Waals surface area contributed by atoms with Crippen molar-refractivity contribution in [1.29, 1.82) is 0 Å². The van der Waals surface area contributed by atoms with Crippen molar-refractivity contribution in [3.8, 4) is 40.1 Å². The van der Waals surface area contributed by atoms with Gasteiger partial charge in [0.1, 0.15) is 65.2 Å². The van der Waals surface area contributed by atoms with Crippen molar-refractivity contribution in [3.63, 3.8) is 0 Å². The molecule has 10 atom stereocenters. The van der Waals surface area contributed by atoms with Crippen LogP contribution in [0.3, 0.4) is 0 Å². The molecule has 16 heteroatoms. The van der Waals surface area contributed by atoms with Gasteiger partial charge in [-0.2, -0.15) is 0 Å². The van der Waals surface area contributed by atoms with Gasteiger partial charge in [0.2, 0.25) is 17.5 Å². The van der Waals surface area contributed by atoms with Gasteiger partial charge in [-0.3, -0.25) is 4.79 Å². The molecule has 0 aliphatic carbocycles. The highest BCUT2D eigenvalue weighted by atomic mass is 16.7. The Morgan fingerprint density at radius 1 is 0.744 bits per heavy atom. The molecule has 0 bridgehead atoms. The summed E-state index contributed by atoms with van der Waals surface area (Å²) >= 11 is 0. The van der Waals surface area contributed by atoms with Crippen LogP contribution in [0.1, 0.15) is 6.92 Å². The van der Waals surface area contributed by atoms with Crippen LogP contribution < -0.4 is 10.2 Å². The molecular weight excluding hydrogens is 580 g/mol. The molecule has 10 N–H and O–H groups in total. The van der Waals surface area contributed by atoms with Gasteiger partial charge in [0.05, 0.1) is 12.7 Å². The molecule has 0 unspecified atom stereocenters. The standard InChI is InChI=1S/C27H30O16/c1-8-17(32)20(35)22(37)26(40-8)39-7-15-18(33)21(36)23(38)27(42-15)43-25-19(34)16-13(31)5-10(28)6-14(16)41-24(25)9-2-3-11(29)12(30)4-9/h2-6,8,15,17-18,20-23,26-33,35-38H,7H2,1H3/t8-,15-,17+,18+,20+,21+,22-,23-,26-,27+/m1/s1. The normalized spacial score (nSPS) is 33.0. The maximum Gasteiger partial charge on any atom is 0.239 e. The number of phenols is 4. The van der Waals surface area contributed by atoms with Crippen LogP contribution in [0.25, 0.3) is 22.3 Å². The lowest BCUT2D eigenvalue weighted by atomic mass is 9.98. The monoisotopic (exact) mass is 610 g/mol. The minimum absolute atomic E-state index is 0.0313. The van der Waals surface area contributed by atoms with Crippen LogP contribution in [-0.4, -0.2) is 119 Å². The number of hydrogen-bond donors (Lipinski definition) is 10. The van der Waals surface area contributed by atoms with E-state index in [0.717, 1.165) is 24.3 Å². The van der Waals surface area contributed by atoms with E-state index in [9.17, 15) is 55.9 Å². The van der Waals surface area contributed by atoms with Crippen molar-refractivity contribution in [2.45, 2.75) is 68.3 Å². The molecule has 2 fully saturated rings. The van der Waals surface area contributed by atoms with Crippen LogP contribution in [0.15, 0.2) is 39.5 Å². The molecule has 5 rings (SSSR count). The van der Waals surface area contributed by atoms with Crippen LogP contribution in [0.2, 0.25) is 0 Å². The molecule has 2 aliphatic rings. The number of benzene rings is 2. The van der Waals surface area contributed by atoms with E-state index in [1.165, 1.54) is 13.0 Å². The third kappa shape index (κ3) is 5.67. The van der Waals surface area contributed by atoms with Crippen molar-refractivity contribution in [2.24, 2.45) is 0 Å². The van der Waals surface area contributed by atoms with Gasteiger partial charge < -0.3 is 74.4 Å². The van der Waals surface area contributed by atoms with Gasteiger partial charge in [-0.15, -0.1) is 0 Å². The SMILES string of the molecule is C[C@H]1O[C@@H](OC[C@H]2O[C@@H](Oc3c(-c4ccc(O)c(O)c4)oc4cc(O)cc(O)c4c3=O)[C@H](O)[C@@H](O)[C@H]2O)[C@H](O)[C@@H](O)[C@H]1O. The molecule has 0 saturated carbocycles. The number of aliphatic hydroxyl groups is 6. The average Bonchev–Trinajstić information content (AvgIpc) is 2.96. The van der Waals surface area contributed by atoms with E-state index in [4.69, 9.17) is 23.4 Å². The minimum Gasteiger partial charge on any atom is -0.508 e. The molecule has 2 saturated heterocycles. The lowest BCUT2D eigenvalue weighted by molar-refractivity contribution is -0.318. The largest absolute Gasteiger partial charge is 0.508 e. The second kappa shape index (κ2) is 11.8. The predicted molar refractivity (Wildman–Crippen MR) is 140 cm³/mol. The zero-order valence-electron chi connectivity index (χ0n) is 22.3. The Labute approximate surface area is 241 Å². The third-order valence-electron chi connectivity index (χ3n) is 7.29. The van der Waals surface area contributed by atoms with Gasteiger partial charge in [-0.25, -0.2) is 0 Å². The van der Waals surface area contributed by atoms with Gasteiger partial charge in [-0.05, 0) is 25.1 Å². The van der Waals surface area contributed by atoms with Crippen molar-refractivity contribution in [1.82, 2.24) is 0 Å². The summed E-state index contributed by atoms with van der Waals surface area (Å²) in [6.07, 6.45) is -16.2. The Bertz CT molecular complexity index is 1540. The number of ether oxygens (including phenoxy) is 4. The number of aliphatic hydroxyl groups excluding tert-OH is 6. The third-order valence-corrected chi connectivity index (χ3v) is 7.29. The maximum absolute atomic E-state index is 13.6. The zero-order valence-corrected chi connectivity index (χ0v) is 22.3. The molecule has 16 nitrogen and oxygen atoms in total. The summed E-state index contributed by atoms with van der Waals surface area (Å²) in [5, 5.41) is 101. The Morgan fingerprint density at radius 3 is 2.12 bits per heavy atom. The summed E-state index contributed by atoms with van der Waals surface area (Å²) < 4.78 is 27.8. The molecule has 2 aliphatic heterocycles. The first-order valence-corrected chi connectivity index (χ1v) is 13.0. The van der Waals surface area contributed by atoms with E-state index >= 15 is 0 Å². The first-order chi connectivity index (χ1) is 20.3. The van der Waals surface area contributed by atoms with E-state index in [0.29, 0.717) is 0 Å². The Balaban J connectivity index is 1.48. The molecule has 43 heavy (non-hydrogen) atoms. The highest BCUT2D eigenvalue weighted by molar-refractivity contribution is 5.88. The Hall–Kier alpha value is -3.71. The fourth-order valence-corrected chi connectivity index (χ4v) is 4.84. The number of hydrogen-bond acceptors (Lipinski definition) is 16. The van der Waals surface area contributed by atoms with Crippen molar-refractivity contribution < 1.29 is 74.4 Å². The summed E-state index contributed by atoms with van der Waals surface area (Å²) in [7, 11) is 0. The van der Waals surface area contributed by atoms with Crippen molar-refractivity contribution in [3.05, 3.63) is 40.6 Å². The van der Waals surface area contributed by atoms with Crippen molar-refractivity contribution in [2.75, 3.05) is 6.61 Å².